The van der Waals surface area contributed by atoms with E-state index in [4.69, 9.17) is 43.4 Å². The van der Waals surface area contributed by atoms with Crippen LogP contribution in [0.15, 0.2) is 73.6 Å². The third-order valence-electron chi connectivity index (χ3n) is 12.3. The molecule has 6 aromatic heterocycles. The van der Waals surface area contributed by atoms with E-state index in [1.54, 1.807) is 86.8 Å². The predicted molar refractivity (Wildman–Crippen MR) is 270 cm³/mol. The number of aromatic amines is 1. The summed E-state index contributed by atoms with van der Waals surface area (Å²) in [5.74, 6) is -0.776. The molecule has 24 heteroatoms. The number of benzene rings is 2. The standard InChI is InChI=1S/C27H31ClN8O3Si.C21H17ClN8O2/c1-17(27(38)34-13-18(10-29)14-34)32-26(37)21-15-35(16-39-7-8-40(2,3)4)25-24(21)33-23(12-30-25)36-22-6-5-20(28)9-19(22)11-31-36;1-11(21(32)29-9-12(5-23)10-29)27-20(31)15-7-24-19-18(15)28-17(8-25-19)30-16-3-2-14(22)4-13(16)6-26-30/h5-6,9,11-12,15,17-18H,7-8,13-14,16H2,1-4H3,(H,32,37);2-4,6-8,11-12H,9-10H2,1H3,(H,24,25)(H,27,31)/t17-;11-/m11/s1. The van der Waals surface area contributed by atoms with Gasteiger partial charge in [-0.1, -0.05) is 42.8 Å². The third kappa shape index (κ3) is 10.2. The molecule has 2 fully saturated rings. The fourth-order valence-corrected chi connectivity index (χ4v) is 9.30. The number of halogens is 2. The highest BCUT2D eigenvalue weighted by Crippen LogP contribution is 2.26. The summed E-state index contributed by atoms with van der Waals surface area (Å²) in [6.07, 6.45) is 9.70. The fraction of sp³-hybridized carbons (Fsp3) is 0.333. The van der Waals surface area contributed by atoms with Crippen LogP contribution in [-0.2, 0) is 21.1 Å². The largest absolute Gasteiger partial charge is 0.361 e. The Morgan fingerprint density at radius 1 is 0.764 bits per heavy atom. The number of fused-ring (bicyclic) bond motifs is 4. The fourth-order valence-electron chi connectivity index (χ4n) is 8.18. The van der Waals surface area contributed by atoms with Gasteiger partial charge in [-0.05, 0) is 56.3 Å². The van der Waals surface area contributed by atoms with Gasteiger partial charge >= 0.3 is 0 Å². The zero-order chi connectivity index (χ0) is 51.0. The Bertz CT molecular complexity index is 3500. The minimum Gasteiger partial charge on any atom is -0.361 e. The maximum atomic E-state index is 13.5. The molecule has 2 atom stereocenters. The van der Waals surface area contributed by atoms with Crippen LogP contribution in [0, 0.1) is 34.5 Å². The average molecular weight is 1030 g/mol. The second-order valence-corrected chi connectivity index (χ2v) is 25.4. The number of aromatic nitrogens is 10. The van der Waals surface area contributed by atoms with Crippen molar-refractivity contribution in [2.75, 3.05) is 32.8 Å². The number of nitrogens with one attached hydrogen (secondary N) is 3. The minimum atomic E-state index is -1.27. The van der Waals surface area contributed by atoms with E-state index < -0.39 is 32.0 Å². The molecular formula is C48H48Cl2N16O5Si. The Kier molecular flexibility index (Phi) is 13.8. The molecule has 0 bridgehead atoms. The highest BCUT2D eigenvalue weighted by molar-refractivity contribution is 6.76. The molecule has 4 amide bonds. The molecule has 8 aromatic rings. The van der Waals surface area contributed by atoms with Crippen LogP contribution in [-0.4, -0.2) is 135 Å². The summed E-state index contributed by atoms with van der Waals surface area (Å²) in [5, 5.41) is 35.1. The van der Waals surface area contributed by atoms with Gasteiger partial charge in [0.25, 0.3) is 11.8 Å². The van der Waals surface area contributed by atoms with Crippen molar-refractivity contribution in [2.24, 2.45) is 11.8 Å². The Balaban J connectivity index is 0.000000182. The van der Waals surface area contributed by atoms with Gasteiger partial charge in [-0.2, -0.15) is 20.7 Å². The number of ether oxygens (including phenoxy) is 1. The number of carbonyl (C=O) groups is 4. The van der Waals surface area contributed by atoms with Crippen LogP contribution in [0.3, 0.4) is 0 Å². The smallest absolute Gasteiger partial charge is 0.255 e. The normalized spacial score (nSPS) is 14.8. The van der Waals surface area contributed by atoms with Crippen LogP contribution in [0.1, 0.15) is 34.6 Å². The molecule has 8 heterocycles. The number of H-pyrrole nitrogens is 1. The average Bonchev–Trinajstić information content (AvgIpc) is 4.13. The summed E-state index contributed by atoms with van der Waals surface area (Å²) in [5.41, 5.74) is 3.80. The van der Waals surface area contributed by atoms with Crippen LogP contribution >= 0.6 is 23.2 Å². The summed E-state index contributed by atoms with van der Waals surface area (Å²) in [6, 6.07) is 14.6. The van der Waals surface area contributed by atoms with E-state index in [9.17, 15) is 19.2 Å². The Morgan fingerprint density at radius 3 is 1.81 bits per heavy atom. The second kappa shape index (κ2) is 20.2. The number of nitriles is 2. The second-order valence-electron chi connectivity index (χ2n) is 18.9. The molecular weight excluding hydrogens is 980 g/mol. The van der Waals surface area contributed by atoms with E-state index in [-0.39, 0.29) is 41.5 Å². The van der Waals surface area contributed by atoms with Gasteiger partial charge < -0.3 is 34.7 Å². The first-order chi connectivity index (χ1) is 34.5. The molecule has 10 rings (SSSR count). The summed E-state index contributed by atoms with van der Waals surface area (Å²) in [6.45, 7) is 12.5. The Labute approximate surface area is 422 Å². The number of amides is 4. The summed E-state index contributed by atoms with van der Waals surface area (Å²) in [7, 11) is -1.27. The molecule has 0 radical (unpaired) electrons. The van der Waals surface area contributed by atoms with Crippen molar-refractivity contribution < 1.29 is 23.9 Å². The van der Waals surface area contributed by atoms with Crippen molar-refractivity contribution in [2.45, 2.75) is 58.3 Å². The molecule has 2 aliphatic heterocycles. The zero-order valence-electron chi connectivity index (χ0n) is 39.8. The number of rotatable bonds is 13. The number of carbonyl (C=O) groups excluding carboxylic acids is 4. The lowest BCUT2D eigenvalue weighted by Gasteiger charge is -2.37. The molecule has 368 valence electrons. The van der Waals surface area contributed by atoms with Gasteiger partial charge in [0.1, 0.15) is 29.8 Å². The molecule has 2 aromatic carbocycles. The van der Waals surface area contributed by atoms with Crippen molar-refractivity contribution in [3.05, 3.63) is 94.8 Å². The number of hydrogen-bond acceptors (Lipinski definition) is 13. The van der Waals surface area contributed by atoms with Gasteiger partial charge in [-0.3, -0.25) is 19.2 Å². The lowest BCUT2D eigenvalue weighted by molar-refractivity contribution is -0.138. The summed E-state index contributed by atoms with van der Waals surface area (Å²) < 4.78 is 11.0. The molecule has 0 unspecified atom stereocenters. The van der Waals surface area contributed by atoms with Gasteiger partial charge in [0.2, 0.25) is 11.8 Å². The van der Waals surface area contributed by atoms with E-state index >= 15 is 0 Å². The van der Waals surface area contributed by atoms with Crippen molar-refractivity contribution in [1.29, 1.82) is 10.5 Å². The molecule has 3 N–H and O–H groups in total. The molecule has 0 saturated carbocycles. The first-order valence-electron chi connectivity index (χ1n) is 23.0. The molecule has 2 saturated heterocycles. The van der Waals surface area contributed by atoms with Gasteiger partial charge in [0, 0.05) is 74.1 Å². The molecule has 2 aliphatic rings. The third-order valence-corrected chi connectivity index (χ3v) is 14.5. The van der Waals surface area contributed by atoms with Crippen LogP contribution in [0.2, 0.25) is 35.7 Å². The van der Waals surface area contributed by atoms with Crippen molar-refractivity contribution in [3.8, 4) is 23.8 Å². The summed E-state index contributed by atoms with van der Waals surface area (Å²) >= 11 is 12.2. The highest BCUT2D eigenvalue weighted by Gasteiger charge is 2.35. The molecule has 21 nitrogen and oxygen atoms in total. The Morgan fingerprint density at radius 2 is 1.28 bits per heavy atom. The van der Waals surface area contributed by atoms with E-state index in [1.165, 1.54) is 6.20 Å². The topological polar surface area (TPSA) is 264 Å². The molecule has 0 aliphatic carbocycles. The lowest BCUT2D eigenvalue weighted by atomic mass is 10.0. The van der Waals surface area contributed by atoms with Crippen molar-refractivity contribution in [1.82, 2.24) is 69.5 Å². The van der Waals surface area contributed by atoms with E-state index in [1.807, 2.05) is 18.2 Å². The van der Waals surface area contributed by atoms with E-state index in [2.05, 4.69) is 72.5 Å². The van der Waals surface area contributed by atoms with Gasteiger partial charge in [-0.15, -0.1) is 0 Å². The van der Waals surface area contributed by atoms with Crippen LogP contribution < -0.4 is 10.6 Å². The van der Waals surface area contributed by atoms with Crippen LogP contribution in [0.25, 0.3) is 55.8 Å². The minimum absolute atomic E-state index is 0.140. The van der Waals surface area contributed by atoms with Gasteiger partial charge in [0.15, 0.2) is 22.9 Å². The molecule has 72 heavy (non-hydrogen) atoms. The van der Waals surface area contributed by atoms with Crippen LogP contribution in [0.4, 0.5) is 0 Å². The van der Waals surface area contributed by atoms with Gasteiger partial charge in [0.05, 0.1) is 70.9 Å². The number of nitrogens with zero attached hydrogens (tertiary/aromatic N) is 13. The van der Waals surface area contributed by atoms with E-state index in [0.29, 0.717) is 76.8 Å². The monoisotopic (exact) mass is 1030 g/mol. The SMILES string of the molecule is C[C@@H](NC(=O)c1c[nH]c2ncc(-n3ncc4cc(Cl)ccc43)nc12)C(=O)N1CC(C#N)C1.C[C@@H](NC(=O)c1cn(COCC[Si](C)(C)C)c2ncc(-n3ncc4cc(Cl)ccc43)nc12)C(=O)N1CC(C#N)C1. The molecule has 0 spiro atoms. The highest BCUT2D eigenvalue weighted by atomic mass is 35.5. The zero-order valence-corrected chi connectivity index (χ0v) is 42.3. The quantitative estimate of drug-likeness (QED) is 0.0900. The first kappa shape index (κ1) is 49.2. The predicted octanol–water partition coefficient (Wildman–Crippen LogP) is 5.89. The van der Waals surface area contributed by atoms with E-state index in [0.717, 1.165) is 27.8 Å². The summed E-state index contributed by atoms with van der Waals surface area (Å²) in [4.78, 5) is 76.0. The lowest BCUT2D eigenvalue weighted by Crippen LogP contribution is -2.55. The first-order valence-corrected chi connectivity index (χ1v) is 27.5. The number of likely N-dealkylation sites (tertiary alicyclic amines) is 2. The maximum absolute atomic E-state index is 13.5. The number of hydrogen-bond donors (Lipinski definition) is 3. The van der Waals surface area contributed by atoms with Crippen molar-refractivity contribution >= 4 is 99.0 Å². The van der Waals surface area contributed by atoms with Crippen molar-refractivity contribution in [3.63, 3.8) is 0 Å². The van der Waals surface area contributed by atoms with Gasteiger partial charge in [-0.25, -0.2) is 29.3 Å². The maximum Gasteiger partial charge on any atom is 0.255 e. The van der Waals surface area contributed by atoms with Crippen LogP contribution in [0.5, 0.6) is 0 Å². The Hall–Kier alpha value is -7.76.